The van der Waals surface area contributed by atoms with Crippen LogP contribution >= 0.6 is 11.8 Å². The first kappa shape index (κ1) is 15.9. The summed E-state index contributed by atoms with van der Waals surface area (Å²) in [7, 11) is 1.82. The fraction of sp³-hybridized carbons (Fsp3) is 0.500. The van der Waals surface area contributed by atoms with Crippen LogP contribution in [-0.4, -0.2) is 42.0 Å². The average Bonchev–Trinajstić information content (AvgIpc) is 2.34. The van der Waals surface area contributed by atoms with Crippen LogP contribution in [0.25, 0.3) is 0 Å². The molecule has 0 spiro atoms. The molecule has 0 aromatic rings. The van der Waals surface area contributed by atoms with E-state index in [4.69, 9.17) is 5.41 Å². The van der Waals surface area contributed by atoms with Crippen LogP contribution in [-0.2, 0) is 0 Å². The fourth-order valence-electron chi connectivity index (χ4n) is 1.79. The highest BCUT2D eigenvalue weighted by Crippen LogP contribution is 2.27. The van der Waals surface area contributed by atoms with Crippen LogP contribution in [0.2, 0.25) is 0 Å². The Labute approximate surface area is 119 Å². The van der Waals surface area contributed by atoms with Gasteiger partial charge in [-0.25, -0.2) is 0 Å². The van der Waals surface area contributed by atoms with Gasteiger partial charge in [0, 0.05) is 42.4 Å². The van der Waals surface area contributed by atoms with Crippen molar-refractivity contribution < 1.29 is 5.11 Å². The Morgan fingerprint density at radius 2 is 2.11 bits per heavy atom. The number of likely N-dealkylation sites (N-methyl/N-ethyl adjacent to an activating group) is 1. The molecule has 0 atom stereocenters. The van der Waals surface area contributed by atoms with Crippen LogP contribution in [0.1, 0.15) is 13.8 Å². The Balaban J connectivity index is 2.89. The molecular formula is C14H23N3OS. The van der Waals surface area contributed by atoms with E-state index in [2.05, 4.69) is 16.9 Å². The highest BCUT2D eigenvalue weighted by Gasteiger charge is 2.26. The first-order valence-electron chi connectivity index (χ1n) is 6.26. The summed E-state index contributed by atoms with van der Waals surface area (Å²) in [5.41, 5.74) is 1.85. The molecule has 0 aliphatic heterocycles. The highest BCUT2D eigenvalue weighted by atomic mass is 32.2. The number of aliphatic hydroxyl groups is 1. The third-order valence-electron chi connectivity index (χ3n) is 2.83. The van der Waals surface area contributed by atoms with E-state index in [1.54, 1.807) is 31.7 Å². The fourth-order valence-corrected chi connectivity index (χ4v) is 2.11. The number of hydrogen-bond donors (Lipinski definition) is 4. The van der Waals surface area contributed by atoms with Crippen molar-refractivity contribution in [2.45, 2.75) is 19.4 Å². The van der Waals surface area contributed by atoms with Crippen LogP contribution in [0.4, 0.5) is 0 Å². The second kappa shape index (κ2) is 6.82. The van der Waals surface area contributed by atoms with Gasteiger partial charge in [-0.3, -0.25) is 0 Å². The molecule has 4 nitrogen and oxygen atoms in total. The van der Waals surface area contributed by atoms with Gasteiger partial charge in [-0.15, -0.1) is 0 Å². The lowest BCUT2D eigenvalue weighted by molar-refractivity contribution is 0.121. The molecule has 106 valence electrons. The molecule has 1 aliphatic carbocycles. The van der Waals surface area contributed by atoms with Crippen molar-refractivity contribution in [1.29, 1.82) is 5.41 Å². The molecule has 1 rings (SSSR count). The van der Waals surface area contributed by atoms with E-state index in [-0.39, 0.29) is 0 Å². The zero-order valence-electron chi connectivity index (χ0n) is 12.0. The monoisotopic (exact) mass is 281 g/mol. The smallest absolute Gasteiger partial charge is 0.0861 e. The van der Waals surface area contributed by atoms with Gasteiger partial charge in [-0.2, -0.15) is 11.8 Å². The molecule has 0 fully saturated rings. The molecule has 0 aromatic heterocycles. The lowest BCUT2D eigenvalue weighted by Crippen LogP contribution is -2.30. The van der Waals surface area contributed by atoms with E-state index in [9.17, 15) is 5.11 Å². The van der Waals surface area contributed by atoms with Gasteiger partial charge in [0.15, 0.2) is 0 Å². The largest absolute Gasteiger partial charge is 0.390 e. The molecule has 0 heterocycles. The van der Waals surface area contributed by atoms with Gasteiger partial charge in [0.05, 0.1) is 11.3 Å². The maximum absolute atomic E-state index is 10.1. The van der Waals surface area contributed by atoms with Gasteiger partial charge in [-0.1, -0.05) is 0 Å². The molecule has 0 aromatic carbocycles. The number of nitrogens with one attached hydrogen (secondary N) is 3. The van der Waals surface area contributed by atoms with E-state index in [0.717, 1.165) is 29.1 Å². The van der Waals surface area contributed by atoms with Crippen molar-refractivity contribution >= 4 is 17.5 Å². The van der Waals surface area contributed by atoms with Crippen molar-refractivity contribution in [3.8, 4) is 0 Å². The lowest BCUT2D eigenvalue weighted by atomic mass is 9.88. The Hall–Kier alpha value is -1.20. The first-order chi connectivity index (χ1) is 8.90. The average molecular weight is 281 g/mol. The van der Waals surface area contributed by atoms with Gasteiger partial charge < -0.3 is 21.1 Å². The minimum absolute atomic E-state index is 0.410. The van der Waals surface area contributed by atoms with Gasteiger partial charge in [-0.05, 0) is 32.3 Å². The summed E-state index contributed by atoms with van der Waals surface area (Å²) in [6, 6.07) is 0. The Morgan fingerprint density at radius 3 is 2.63 bits per heavy atom. The SMILES string of the molecule is CNC1=C/C(=C/NCCSC)C(=N)C=C1C(C)(C)O. The summed E-state index contributed by atoms with van der Waals surface area (Å²) in [6.07, 6.45) is 7.53. The van der Waals surface area contributed by atoms with Crippen LogP contribution in [0.3, 0.4) is 0 Å². The zero-order chi connectivity index (χ0) is 14.5. The number of allylic oxidation sites excluding steroid dienone is 3. The molecule has 1 aliphatic rings. The van der Waals surface area contributed by atoms with Crippen LogP contribution in [0.15, 0.2) is 35.2 Å². The van der Waals surface area contributed by atoms with Crippen molar-refractivity contribution in [2.75, 3.05) is 25.6 Å². The van der Waals surface area contributed by atoms with E-state index in [1.807, 2.05) is 19.3 Å². The quantitative estimate of drug-likeness (QED) is 0.559. The minimum atomic E-state index is -0.959. The molecule has 0 unspecified atom stereocenters. The van der Waals surface area contributed by atoms with Crippen molar-refractivity contribution in [3.63, 3.8) is 0 Å². The third-order valence-corrected chi connectivity index (χ3v) is 3.44. The third kappa shape index (κ3) is 4.44. The summed E-state index contributed by atoms with van der Waals surface area (Å²) >= 11 is 1.78. The normalized spacial score (nSPS) is 18.2. The molecule has 0 saturated heterocycles. The Morgan fingerprint density at radius 1 is 1.42 bits per heavy atom. The van der Waals surface area contributed by atoms with Crippen molar-refractivity contribution in [3.05, 3.63) is 35.2 Å². The van der Waals surface area contributed by atoms with Crippen molar-refractivity contribution in [1.82, 2.24) is 10.6 Å². The second-order valence-electron chi connectivity index (χ2n) is 4.89. The lowest BCUT2D eigenvalue weighted by Gasteiger charge is -2.27. The van der Waals surface area contributed by atoms with Crippen LogP contribution in [0, 0.1) is 5.41 Å². The van der Waals surface area contributed by atoms with E-state index in [0.29, 0.717) is 5.71 Å². The second-order valence-corrected chi connectivity index (χ2v) is 5.87. The maximum Gasteiger partial charge on any atom is 0.0861 e. The van der Waals surface area contributed by atoms with Crippen LogP contribution in [0.5, 0.6) is 0 Å². The number of hydrogen-bond acceptors (Lipinski definition) is 5. The van der Waals surface area contributed by atoms with Gasteiger partial charge in [0.1, 0.15) is 0 Å². The summed E-state index contributed by atoms with van der Waals surface area (Å²) in [4.78, 5) is 0. The first-order valence-corrected chi connectivity index (χ1v) is 7.65. The van der Waals surface area contributed by atoms with Crippen LogP contribution < -0.4 is 10.6 Å². The summed E-state index contributed by atoms with van der Waals surface area (Å²) in [5.74, 6) is 1.03. The minimum Gasteiger partial charge on any atom is -0.390 e. The Kier molecular flexibility index (Phi) is 5.69. The van der Waals surface area contributed by atoms with Gasteiger partial charge in [0.2, 0.25) is 0 Å². The highest BCUT2D eigenvalue weighted by molar-refractivity contribution is 7.98. The maximum atomic E-state index is 10.1. The van der Waals surface area contributed by atoms with Gasteiger partial charge >= 0.3 is 0 Å². The summed E-state index contributed by atoms with van der Waals surface area (Å²) in [6.45, 7) is 4.33. The predicted molar refractivity (Wildman–Crippen MR) is 83.7 cm³/mol. The molecule has 0 bridgehead atoms. The van der Waals surface area contributed by atoms with E-state index in [1.165, 1.54) is 0 Å². The predicted octanol–water partition coefficient (Wildman–Crippen LogP) is 1.66. The molecule has 0 amide bonds. The zero-order valence-corrected chi connectivity index (χ0v) is 12.8. The topological polar surface area (TPSA) is 68.1 Å². The summed E-state index contributed by atoms with van der Waals surface area (Å²) < 4.78 is 0. The summed E-state index contributed by atoms with van der Waals surface area (Å²) in [5, 5.41) is 24.4. The molecule has 19 heavy (non-hydrogen) atoms. The number of rotatable bonds is 6. The Bertz CT molecular complexity index is 430. The van der Waals surface area contributed by atoms with E-state index < -0.39 is 5.60 Å². The molecule has 5 heteroatoms. The van der Waals surface area contributed by atoms with Gasteiger partial charge in [0.25, 0.3) is 0 Å². The molecule has 0 saturated carbocycles. The van der Waals surface area contributed by atoms with E-state index >= 15 is 0 Å². The molecule has 0 radical (unpaired) electrons. The standard InChI is InChI=1S/C14H23N3OS/c1-14(2,18)11-8-12(15)10(7-13(11)16-3)9-17-5-6-19-4/h7-9,15-18H,5-6H2,1-4H3/b10-9-,15-12?. The van der Waals surface area contributed by atoms with Crippen molar-refractivity contribution in [2.24, 2.45) is 0 Å². The molecule has 4 N–H and O–H groups in total. The number of thioether (sulfide) groups is 1. The molecular weight excluding hydrogens is 258 g/mol.